The molecule has 9 nitrogen and oxygen atoms in total. The summed E-state index contributed by atoms with van der Waals surface area (Å²) < 4.78 is 8.02. The van der Waals surface area contributed by atoms with E-state index in [-0.39, 0.29) is 23.7 Å². The van der Waals surface area contributed by atoms with E-state index in [9.17, 15) is 4.79 Å². The van der Waals surface area contributed by atoms with Crippen LogP contribution in [0.15, 0.2) is 118 Å². The van der Waals surface area contributed by atoms with Gasteiger partial charge in [-0.1, -0.05) is 64.6 Å². The maximum Gasteiger partial charge on any atom is 0.229 e. The molecule has 10 heteroatoms. The highest BCUT2D eigenvalue weighted by atomic mass is 32.2. The summed E-state index contributed by atoms with van der Waals surface area (Å²) in [6.45, 7) is 10.8. The number of nitrogens with two attached hydrogens (primary N) is 1. The highest BCUT2D eigenvalue weighted by Crippen LogP contribution is 2.29. The Labute approximate surface area is 280 Å². The zero-order valence-corrected chi connectivity index (χ0v) is 28.3. The molecule has 5 aromatic rings. The number of carbonyl (C=O) groups is 1. The van der Waals surface area contributed by atoms with Crippen LogP contribution < -0.4 is 15.8 Å². The topological polar surface area (TPSA) is 120 Å². The van der Waals surface area contributed by atoms with Gasteiger partial charge in [0, 0.05) is 64.0 Å². The van der Waals surface area contributed by atoms with E-state index in [0.29, 0.717) is 29.6 Å². The summed E-state index contributed by atoms with van der Waals surface area (Å²) in [5.74, 6) is 2.08. The van der Waals surface area contributed by atoms with E-state index in [1.165, 1.54) is 0 Å². The van der Waals surface area contributed by atoms with Crippen molar-refractivity contribution in [2.75, 3.05) is 6.61 Å². The largest absolute Gasteiger partial charge is 0.493 e. The molecule has 3 aromatic heterocycles. The quantitative estimate of drug-likeness (QED) is 0.114. The molecule has 1 amide bonds. The Bertz CT molecular complexity index is 1870. The fourth-order valence-corrected chi connectivity index (χ4v) is 5.44. The lowest BCUT2D eigenvalue weighted by molar-refractivity contribution is -0.119. The Morgan fingerprint density at radius 1 is 1.00 bits per heavy atom. The Morgan fingerprint density at radius 2 is 1.74 bits per heavy atom. The summed E-state index contributed by atoms with van der Waals surface area (Å²) in [5, 5.41) is 11.6. The molecular weight excluding hydrogens is 607 g/mol. The second-order valence-electron chi connectivity index (χ2n) is 12.6. The molecule has 0 atom stereocenters. The average Bonchev–Trinajstić information content (AvgIpc) is 3.46. The van der Waals surface area contributed by atoms with Gasteiger partial charge in [0.1, 0.15) is 17.4 Å². The number of ether oxygens (including phenoxy) is 1. The monoisotopic (exact) mass is 647 g/mol. The van der Waals surface area contributed by atoms with E-state index in [0.717, 1.165) is 38.8 Å². The van der Waals surface area contributed by atoms with Crippen molar-refractivity contribution in [1.82, 2.24) is 24.9 Å². The fourth-order valence-electron chi connectivity index (χ4n) is 4.61. The minimum Gasteiger partial charge on any atom is -0.493 e. The van der Waals surface area contributed by atoms with E-state index < -0.39 is 0 Å². The molecule has 0 unspecified atom stereocenters. The standard InChI is InChI=1S/C37H41N7O2S/c1-25(2)36-43-42-34-14-13-31(24-44(34)36)47-30-11-9-27(10-12-30)21-35(45)41-33(23-32(38)37(3,4)5)40-28-7-6-8-29(22-28)46-20-17-26-15-18-39-19-16-26/h6-16,18-19,22-25H,17,20-21,38H2,1-5H3,(H,40,41,45). The third-order valence-electron chi connectivity index (χ3n) is 7.34. The molecule has 242 valence electrons. The van der Waals surface area contributed by atoms with Gasteiger partial charge in [-0.05, 0) is 59.7 Å². The van der Waals surface area contributed by atoms with Crippen LogP contribution in [-0.4, -0.2) is 37.9 Å². The molecule has 0 radical (unpaired) electrons. The van der Waals surface area contributed by atoms with Crippen LogP contribution >= 0.6 is 11.8 Å². The summed E-state index contributed by atoms with van der Waals surface area (Å²) >= 11 is 1.65. The first kappa shape index (κ1) is 33.4. The number of nitrogens with zero attached hydrogens (tertiary/aromatic N) is 5. The van der Waals surface area contributed by atoms with Crippen LogP contribution in [0.5, 0.6) is 5.75 Å². The molecule has 0 bridgehead atoms. The second-order valence-corrected chi connectivity index (χ2v) is 13.7. The minimum absolute atomic E-state index is 0.189. The second kappa shape index (κ2) is 15.1. The van der Waals surface area contributed by atoms with Gasteiger partial charge in [0.25, 0.3) is 0 Å². The molecule has 0 aliphatic carbocycles. The van der Waals surface area contributed by atoms with Crippen molar-refractivity contribution in [3.05, 3.63) is 120 Å². The molecule has 0 fully saturated rings. The lowest BCUT2D eigenvalue weighted by atomic mass is 9.92. The van der Waals surface area contributed by atoms with Crippen LogP contribution in [0, 0.1) is 5.41 Å². The molecule has 47 heavy (non-hydrogen) atoms. The number of fused-ring (bicyclic) bond motifs is 1. The molecule has 0 saturated carbocycles. The molecule has 0 aliphatic rings. The molecule has 2 aromatic carbocycles. The van der Waals surface area contributed by atoms with Crippen LogP contribution in [0.3, 0.4) is 0 Å². The number of amidine groups is 1. The average molecular weight is 648 g/mol. The Morgan fingerprint density at radius 3 is 2.47 bits per heavy atom. The normalized spacial score (nSPS) is 12.5. The third-order valence-corrected chi connectivity index (χ3v) is 8.33. The van der Waals surface area contributed by atoms with Crippen molar-refractivity contribution in [3.8, 4) is 5.75 Å². The predicted molar refractivity (Wildman–Crippen MR) is 188 cm³/mol. The molecule has 5 rings (SSSR count). The number of hydrogen-bond acceptors (Lipinski definition) is 8. The molecular formula is C37H41N7O2S. The summed E-state index contributed by atoms with van der Waals surface area (Å²) in [7, 11) is 0. The van der Waals surface area contributed by atoms with Crippen molar-refractivity contribution in [2.24, 2.45) is 16.1 Å². The van der Waals surface area contributed by atoms with E-state index in [4.69, 9.17) is 15.5 Å². The van der Waals surface area contributed by atoms with Crippen LogP contribution in [-0.2, 0) is 17.6 Å². The number of amides is 1. The highest BCUT2D eigenvalue weighted by Gasteiger charge is 2.16. The minimum atomic E-state index is -0.299. The van der Waals surface area contributed by atoms with Crippen LogP contribution in [0.1, 0.15) is 57.5 Å². The van der Waals surface area contributed by atoms with Crippen LogP contribution in [0.25, 0.3) is 5.65 Å². The Balaban J connectivity index is 1.25. The van der Waals surface area contributed by atoms with Gasteiger partial charge in [0.2, 0.25) is 5.91 Å². The molecule has 0 saturated heterocycles. The fraction of sp³-hybridized carbons (Fsp3) is 0.270. The van der Waals surface area contributed by atoms with Crippen molar-refractivity contribution in [1.29, 1.82) is 0 Å². The van der Waals surface area contributed by atoms with E-state index >= 15 is 0 Å². The number of carbonyl (C=O) groups excluding carboxylic acids is 1. The number of aliphatic imine (C=N–C) groups is 1. The van der Waals surface area contributed by atoms with Gasteiger partial charge in [-0.2, -0.15) is 0 Å². The number of rotatable bonds is 11. The van der Waals surface area contributed by atoms with E-state index in [1.807, 2.05) is 98.0 Å². The lowest BCUT2D eigenvalue weighted by Crippen LogP contribution is -2.32. The van der Waals surface area contributed by atoms with Crippen molar-refractivity contribution < 1.29 is 9.53 Å². The van der Waals surface area contributed by atoms with Gasteiger partial charge in [0.15, 0.2) is 5.65 Å². The van der Waals surface area contributed by atoms with Crippen molar-refractivity contribution in [2.45, 2.75) is 63.2 Å². The lowest BCUT2D eigenvalue weighted by Gasteiger charge is -2.19. The maximum atomic E-state index is 13.2. The molecule has 0 spiro atoms. The molecule has 3 heterocycles. The number of pyridine rings is 2. The first-order valence-corrected chi connectivity index (χ1v) is 16.4. The number of benzene rings is 2. The highest BCUT2D eigenvalue weighted by molar-refractivity contribution is 7.99. The first-order chi connectivity index (χ1) is 22.5. The van der Waals surface area contributed by atoms with Gasteiger partial charge < -0.3 is 15.8 Å². The zero-order valence-electron chi connectivity index (χ0n) is 27.5. The SMILES string of the molecule is CC(C)c1nnc2ccc(Sc3ccc(CC(=O)NC(C=C(N)C(C)(C)C)=Nc4cccc(OCCc5ccncc5)c4)cc3)cn12. The van der Waals surface area contributed by atoms with Crippen LogP contribution in [0.4, 0.5) is 5.69 Å². The smallest absolute Gasteiger partial charge is 0.229 e. The summed E-state index contributed by atoms with van der Waals surface area (Å²) in [4.78, 5) is 24.2. The first-order valence-electron chi connectivity index (χ1n) is 15.6. The number of aromatic nitrogens is 4. The van der Waals surface area contributed by atoms with E-state index in [1.54, 1.807) is 30.2 Å². The third kappa shape index (κ3) is 9.52. The van der Waals surface area contributed by atoms with Crippen molar-refractivity contribution in [3.63, 3.8) is 0 Å². The summed E-state index contributed by atoms with van der Waals surface area (Å²) in [5.41, 5.74) is 10.2. The van der Waals surface area contributed by atoms with Gasteiger partial charge in [-0.3, -0.25) is 14.2 Å². The number of allylic oxidation sites excluding steroid dienone is 1. The molecule has 3 N–H and O–H groups in total. The van der Waals surface area contributed by atoms with Crippen LogP contribution in [0.2, 0.25) is 0 Å². The van der Waals surface area contributed by atoms with Gasteiger partial charge >= 0.3 is 0 Å². The summed E-state index contributed by atoms with van der Waals surface area (Å²) in [6, 6.07) is 23.5. The Hall–Kier alpha value is -4.96. The van der Waals surface area contributed by atoms with Crippen molar-refractivity contribution >= 4 is 34.8 Å². The zero-order chi connectivity index (χ0) is 33.4. The predicted octanol–water partition coefficient (Wildman–Crippen LogP) is 7.30. The maximum absolute atomic E-state index is 13.2. The molecule has 0 aliphatic heterocycles. The van der Waals surface area contributed by atoms with E-state index in [2.05, 4.69) is 40.5 Å². The van der Waals surface area contributed by atoms with Gasteiger partial charge in [-0.15, -0.1) is 10.2 Å². The summed E-state index contributed by atoms with van der Waals surface area (Å²) in [6.07, 6.45) is 8.30. The Kier molecular flexibility index (Phi) is 10.7. The van der Waals surface area contributed by atoms with Gasteiger partial charge in [0.05, 0.1) is 18.7 Å². The number of nitrogens with one attached hydrogen (secondary N) is 1. The number of hydrogen-bond donors (Lipinski definition) is 2. The van der Waals surface area contributed by atoms with Gasteiger partial charge in [-0.25, -0.2) is 4.99 Å².